The third-order valence-corrected chi connectivity index (χ3v) is 3.70. The van der Waals surface area contributed by atoms with E-state index in [-0.39, 0.29) is 5.82 Å². The second-order valence-corrected chi connectivity index (χ2v) is 5.30. The number of halogens is 2. The minimum absolute atomic E-state index is 0.359. The lowest BCUT2D eigenvalue weighted by molar-refractivity contribution is 0.142. The van der Waals surface area contributed by atoms with Crippen molar-refractivity contribution in [1.82, 2.24) is 0 Å². The standard InChI is InChI=1S/C16H16BrFO3/c1-20-8-9-21-15-5-3-2-4-13(15)16(19)12-7-6-11(18)10-14(12)17/h2-7,10,16,19H,8-9H2,1H3. The van der Waals surface area contributed by atoms with E-state index in [1.165, 1.54) is 12.1 Å². The van der Waals surface area contributed by atoms with E-state index in [0.717, 1.165) is 0 Å². The van der Waals surface area contributed by atoms with Gasteiger partial charge in [-0.2, -0.15) is 0 Å². The Morgan fingerprint density at radius 2 is 1.90 bits per heavy atom. The van der Waals surface area contributed by atoms with E-state index in [1.54, 1.807) is 25.3 Å². The highest BCUT2D eigenvalue weighted by Crippen LogP contribution is 2.33. The molecule has 0 saturated carbocycles. The molecule has 3 nitrogen and oxygen atoms in total. The van der Waals surface area contributed by atoms with E-state index >= 15 is 0 Å². The second-order valence-electron chi connectivity index (χ2n) is 4.45. The Morgan fingerprint density at radius 1 is 1.14 bits per heavy atom. The molecule has 112 valence electrons. The van der Waals surface area contributed by atoms with Crippen LogP contribution in [-0.2, 0) is 4.74 Å². The van der Waals surface area contributed by atoms with Crippen molar-refractivity contribution >= 4 is 15.9 Å². The molecule has 2 aromatic rings. The van der Waals surface area contributed by atoms with Gasteiger partial charge in [0.1, 0.15) is 24.3 Å². The molecule has 2 aromatic carbocycles. The maximum absolute atomic E-state index is 13.1. The number of para-hydroxylation sites is 1. The summed E-state index contributed by atoms with van der Waals surface area (Å²) in [5.41, 5.74) is 1.21. The van der Waals surface area contributed by atoms with Gasteiger partial charge in [-0.05, 0) is 23.8 Å². The molecule has 0 fully saturated rings. The summed E-state index contributed by atoms with van der Waals surface area (Å²) < 4.78 is 24.2. The maximum atomic E-state index is 13.1. The van der Waals surface area contributed by atoms with Crippen LogP contribution in [0, 0.1) is 5.82 Å². The van der Waals surface area contributed by atoms with E-state index in [9.17, 15) is 9.50 Å². The second kappa shape index (κ2) is 7.54. The van der Waals surface area contributed by atoms with Crippen LogP contribution < -0.4 is 4.74 Å². The van der Waals surface area contributed by atoms with Crippen molar-refractivity contribution < 1.29 is 19.0 Å². The lowest BCUT2D eigenvalue weighted by Crippen LogP contribution is -2.08. The molecule has 0 amide bonds. The minimum atomic E-state index is -0.904. The van der Waals surface area contributed by atoms with Crippen molar-refractivity contribution in [3.63, 3.8) is 0 Å². The summed E-state index contributed by atoms with van der Waals surface area (Å²) >= 11 is 3.27. The Labute approximate surface area is 131 Å². The van der Waals surface area contributed by atoms with Crippen LogP contribution >= 0.6 is 15.9 Å². The summed E-state index contributed by atoms with van der Waals surface area (Å²) in [6.45, 7) is 0.857. The average Bonchev–Trinajstić information content (AvgIpc) is 2.47. The highest BCUT2D eigenvalue weighted by Gasteiger charge is 2.18. The van der Waals surface area contributed by atoms with Crippen LogP contribution in [0.4, 0.5) is 4.39 Å². The summed E-state index contributed by atoms with van der Waals surface area (Å²) in [5.74, 6) is 0.223. The molecular weight excluding hydrogens is 339 g/mol. The van der Waals surface area contributed by atoms with Gasteiger partial charge >= 0.3 is 0 Å². The van der Waals surface area contributed by atoms with Crippen LogP contribution in [0.5, 0.6) is 5.75 Å². The highest BCUT2D eigenvalue weighted by molar-refractivity contribution is 9.10. The smallest absolute Gasteiger partial charge is 0.125 e. The molecule has 2 rings (SSSR count). The molecule has 0 bridgehead atoms. The molecule has 0 aliphatic heterocycles. The predicted molar refractivity (Wildman–Crippen MR) is 82.0 cm³/mol. The Kier molecular flexibility index (Phi) is 5.73. The van der Waals surface area contributed by atoms with Crippen molar-refractivity contribution in [3.8, 4) is 5.75 Å². The normalized spacial score (nSPS) is 12.2. The van der Waals surface area contributed by atoms with Gasteiger partial charge in [-0.25, -0.2) is 4.39 Å². The van der Waals surface area contributed by atoms with E-state index in [2.05, 4.69) is 15.9 Å². The van der Waals surface area contributed by atoms with E-state index in [1.807, 2.05) is 12.1 Å². The summed E-state index contributed by atoms with van der Waals surface area (Å²) in [5, 5.41) is 10.5. The monoisotopic (exact) mass is 354 g/mol. The lowest BCUT2D eigenvalue weighted by atomic mass is 10.0. The quantitative estimate of drug-likeness (QED) is 0.804. The first-order chi connectivity index (χ1) is 10.1. The molecule has 1 atom stereocenters. The third kappa shape index (κ3) is 4.03. The zero-order chi connectivity index (χ0) is 15.2. The fraction of sp³-hybridized carbons (Fsp3) is 0.250. The number of aliphatic hydroxyl groups excluding tert-OH is 1. The Hall–Kier alpha value is -1.43. The topological polar surface area (TPSA) is 38.7 Å². The Bertz CT molecular complexity index is 604. The largest absolute Gasteiger partial charge is 0.491 e. The van der Waals surface area contributed by atoms with Gasteiger partial charge < -0.3 is 14.6 Å². The Balaban J connectivity index is 2.27. The molecule has 5 heteroatoms. The van der Waals surface area contributed by atoms with Gasteiger partial charge in [-0.1, -0.05) is 40.2 Å². The number of aliphatic hydroxyl groups is 1. The van der Waals surface area contributed by atoms with Gasteiger partial charge in [0, 0.05) is 17.1 Å². The molecule has 21 heavy (non-hydrogen) atoms. The van der Waals surface area contributed by atoms with Crippen molar-refractivity contribution in [2.45, 2.75) is 6.10 Å². The van der Waals surface area contributed by atoms with E-state index < -0.39 is 6.10 Å². The van der Waals surface area contributed by atoms with Gasteiger partial charge in [0.2, 0.25) is 0 Å². The first-order valence-corrected chi connectivity index (χ1v) is 7.26. The SMILES string of the molecule is COCCOc1ccccc1C(O)c1ccc(F)cc1Br. The maximum Gasteiger partial charge on any atom is 0.125 e. The van der Waals surface area contributed by atoms with Gasteiger partial charge in [-0.15, -0.1) is 0 Å². The number of methoxy groups -OCH3 is 1. The van der Waals surface area contributed by atoms with Crippen molar-refractivity contribution in [1.29, 1.82) is 0 Å². The van der Waals surface area contributed by atoms with E-state index in [4.69, 9.17) is 9.47 Å². The average molecular weight is 355 g/mol. The fourth-order valence-electron chi connectivity index (χ4n) is 1.96. The van der Waals surface area contributed by atoms with Crippen LogP contribution in [0.15, 0.2) is 46.9 Å². The van der Waals surface area contributed by atoms with Crippen LogP contribution in [0.3, 0.4) is 0 Å². The molecule has 0 aliphatic rings. The van der Waals surface area contributed by atoms with Crippen LogP contribution in [0.2, 0.25) is 0 Å². The molecular formula is C16H16BrFO3. The molecule has 0 aromatic heterocycles. The van der Waals surface area contributed by atoms with Crippen molar-refractivity contribution in [2.75, 3.05) is 20.3 Å². The molecule has 1 N–H and O–H groups in total. The van der Waals surface area contributed by atoms with Gasteiger partial charge in [-0.3, -0.25) is 0 Å². The first kappa shape index (κ1) is 15.9. The van der Waals surface area contributed by atoms with Gasteiger partial charge in [0.15, 0.2) is 0 Å². The molecule has 1 unspecified atom stereocenters. The van der Waals surface area contributed by atoms with Crippen LogP contribution in [0.25, 0.3) is 0 Å². The summed E-state index contributed by atoms with van der Waals surface area (Å²) in [4.78, 5) is 0. The molecule has 0 heterocycles. The summed E-state index contributed by atoms with van der Waals surface area (Å²) in [6, 6.07) is 11.4. The zero-order valence-electron chi connectivity index (χ0n) is 11.6. The van der Waals surface area contributed by atoms with Crippen LogP contribution in [0.1, 0.15) is 17.2 Å². The minimum Gasteiger partial charge on any atom is -0.491 e. The van der Waals surface area contributed by atoms with Crippen LogP contribution in [-0.4, -0.2) is 25.4 Å². The van der Waals surface area contributed by atoms with E-state index in [0.29, 0.717) is 34.6 Å². The number of benzene rings is 2. The fourth-order valence-corrected chi connectivity index (χ4v) is 2.53. The highest BCUT2D eigenvalue weighted by atomic mass is 79.9. The lowest BCUT2D eigenvalue weighted by Gasteiger charge is -2.17. The van der Waals surface area contributed by atoms with Gasteiger partial charge in [0.25, 0.3) is 0 Å². The first-order valence-electron chi connectivity index (χ1n) is 6.47. The summed E-state index contributed by atoms with van der Waals surface area (Å²) in [6.07, 6.45) is -0.904. The van der Waals surface area contributed by atoms with Gasteiger partial charge in [0.05, 0.1) is 6.61 Å². The molecule has 0 spiro atoms. The van der Waals surface area contributed by atoms with Crippen molar-refractivity contribution in [2.24, 2.45) is 0 Å². The molecule has 0 radical (unpaired) electrons. The van der Waals surface area contributed by atoms with Crippen molar-refractivity contribution in [3.05, 3.63) is 63.9 Å². The zero-order valence-corrected chi connectivity index (χ0v) is 13.1. The number of hydrogen-bond donors (Lipinski definition) is 1. The number of rotatable bonds is 6. The third-order valence-electron chi connectivity index (χ3n) is 3.02. The molecule has 0 saturated heterocycles. The number of hydrogen-bond acceptors (Lipinski definition) is 3. The molecule has 0 aliphatic carbocycles. The number of ether oxygens (including phenoxy) is 2. The Morgan fingerprint density at radius 3 is 2.62 bits per heavy atom. The predicted octanol–water partition coefficient (Wildman–Crippen LogP) is 3.70. The summed E-state index contributed by atoms with van der Waals surface area (Å²) in [7, 11) is 1.60.